The minimum Gasteiger partial charge on any atom is -0.252 e. The van der Waals surface area contributed by atoms with Crippen molar-refractivity contribution in [3.05, 3.63) is 58.5 Å². The molecule has 0 aliphatic carbocycles. The highest BCUT2D eigenvalue weighted by molar-refractivity contribution is 7.19. The van der Waals surface area contributed by atoms with Gasteiger partial charge in [-0.05, 0) is 75.3 Å². The first-order chi connectivity index (χ1) is 15.0. The van der Waals surface area contributed by atoms with Gasteiger partial charge in [-0.2, -0.15) is 5.10 Å². The minimum absolute atomic E-state index is 0.505. The molecule has 0 saturated carbocycles. The van der Waals surface area contributed by atoms with Crippen LogP contribution in [-0.2, 0) is 12.8 Å². The van der Waals surface area contributed by atoms with Crippen LogP contribution >= 0.6 is 11.3 Å². The van der Waals surface area contributed by atoms with Gasteiger partial charge in [0.25, 0.3) is 0 Å². The summed E-state index contributed by atoms with van der Waals surface area (Å²) < 4.78 is 2.11. The Bertz CT molecular complexity index is 1210. The molecule has 0 radical (unpaired) electrons. The number of nitrogens with zero attached hydrogens (tertiary/aromatic N) is 4. The molecule has 0 saturated heterocycles. The second-order valence-corrected chi connectivity index (χ2v) is 9.29. The predicted molar refractivity (Wildman–Crippen MR) is 131 cm³/mol. The molecule has 0 aliphatic heterocycles. The van der Waals surface area contributed by atoms with Gasteiger partial charge in [-0.15, -0.1) is 11.3 Å². The molecule has 0 bridgehead atoms. The van der Waals surface area contributed by atoms with Crippen LogP contribution < -0.4 is 0 Å². The van der Waals surface area contributed by atoms with E-state index in [-0.39, 0.29) is 0 Å². The Morgan fingerprint density at radius 3 is 2.42 bits per heavy atom. The molecule has 4 aromatic rings. The minimum atomic E-state index is 0.505. The highest BCUT2D eigenvalue weighted by Crippen LogP contribution is 2.40. The third-order valence-corrected chi connectivity index (χ3v) is 7.39. The molecule has 4 heterocycles. The van der Waals surface area contributed by atoms with E-state index in [1.807, 2.05) is 0 Å². The van der Waals surface area contributed by atoms with E-state index in [1.54, 1.807) is 11.3 Å². The van der Waals surface area contributed by atoms with Crippen LogP contribution in [0.5, 0.6) is 0 Å². The Labute approximate surface area is 189 Å². The van der Waals surface area contributed by atoms with Crippen LogP contribution in [0.4, 0.5) is 0 Å². The van der Waals surface area contributed by atoms with Crippen LogP contribution in [0.3, 0.4) is 0 Å². The Hall–Kier alpha value is -2.53. The first-order valence-corrected chi connectivity index (χ1v) is 12.3. The highest BCUT2D eigenvalue weighted by Gasteiger charge is 2.23. The van der Waals surface area contributed by atoms with E-state index in [2.05, 4.69) is 76.4 Å². The first-order valence-electron chi connectivity index (χ1n) is 11.5. The smallest absolute Gasteiger partial charge is 0.158 e. The normalized spacial score (nSPS) is 11.7. The Morgan fingerprint density at radius 2 is 1.74 bits per heavy atom. The molecule has 0 aromatic carbocycles. The maximum Gasteiger partial charge on any atom is 0.158 e. The summed E-state index contributed by atoms with van der Waals surface area (Å²) in [6, 6.07) is 10.8. The summed E-state index contributed by atoms with van der Waals surface area (Å²) in [5.74, 6) is 0.505. The fraction of sp³-hybridized carbons (Fsp3) is 0.423. The van der Waals surface area contributed by atoms with Crippen LogP contribution in [0.2, 0.25) is 0 Å². The molecule has 4 nitrogen and oxygen atoms in total. The van der Waals surface area contributed by atoms with Gasteiger partial charge in [-0.3, -0.25) is 4.98 Å². The zero-order chi connectivity index (χ0) is 22.1. The summed E-state index contributed by atoms with van der Waals surface area (Å²) in [4.78, 5) is 12.4. The van der Waals surface area contributed by atoms with Crippen molar-refractivity contribution < 1.29 is 0 Å². The largest absolute Gasteiger partial charge is 0.252 e. The number of hydrogen-bond acceptors (Lipinski definition) is 4. The molecule has 0 aliphatic rings. The maximum absolute atomic E-state index is 5.11. The number of fused-ring (bicyclic) bond motifs is 1. The van der Waals surface area contributed by atoms with Gasteiger partial charge in [0.1, 0.15) is 5.69 Å². The standard InChI is InChI=1S/C26H32N4S/c1-7-18(8-2)20-15-17(6)29-30-24(21(10-4)28-26(20)30)25-16(5)14-23(31-25)22-13-11-12-19(9-3)27-22/h11-15,18H,7-10H2,1-6H3. The van der Waals surface area contributed by atoms with E-state index < -0.39 is 0 Å². The van der Waals surface area contributed by atoms with Gasteiger partial charge < -0.3 is 0 Å². The molecule has 0 unspecified atom stereocenters. The van der Waals surface area contributed by atoms with E-state index in [0.29, 0.717) is 5.92 Å². The monoisotopic (exact) mass is 432 g/mol. The zero-order valence-corrected chi connectivity index (χ0v) is 20.3. The van der Waals surface area contributed by atoms with E-state index >= 15 is 0 Å². The Kier molecular flexibility index (Phi) is 6.24. The lowest BCUT2D eigenvalue weighted by Crippen LogP contribution is -2.05. The van der Waals surface area contributed by atoms with Gasteiger partial charge in [-0.1, -0.05) is 33.8 Å². The zero-order valence-electron chi connectivity index (χ0n) is 19.5. The Morgan fingerprint density at radius 1 is 0.968 bits per heavy atom. The van der Waals surface area contributed by atoms with Crippen molar-refractivity contribution in [1.29, 1.82) is 0 Å². The van der Waals surface area contributed by atoms with Crippen LogP contribution in [-0.4, -0.2) is 19.6 Å². The summed E-state index contributed by atoms with van der Waals surface area (Å²) in [6.07, 6.45) is 4.05. The number of rotatable bonds is 7. The third-order valence-electron chi connectivity index (χ3n) is 6.12. The SMILES string of the molecule is CCc1cccc(-c2cc(C)c(-c3c(CC)nc4c(C(CC)CC)cc(C)nn34)s2)n1. The second kappa shape index (κ2) is 8.91. The van der Waals surface area contributed by atoms with E-state index in [0.717, 1.165) is 59.8 Å². The summed E-state index contributed by atoms with van der Waals surface area (Å²) in [5.41, 5.74) is 9.09. The lowest BCUT2D eigenvalue weighted by molar-refractivity contribution is 0.638. The molecule has 0 atom stereocenters. The first kappa shape index (κ1) is 21.7. The molecule has 0 spiro atoms. The van der Waals surface area contributed by atoms with Crippen molar-refractivity contribution in [2.24, 2.45) is 0 Å². The topological polar surface area (TPSA) is 43.1 Å². The van der Waals surface area contributed by atoms with Crippen LogP contribution in [0.15, 0.2) is 30.3 Å². The van der Waals surface area contributed by atoms with Crippen LogP contribution in [0.1, 0.15) is 74.7 Å². The quantitative estimate of drug-likeness (QED) is 0.311. The summed E-state index contributed by atoms with van der Waals surface area (Å²) in [7, 11) is 0. The summed E-state index contributed by atoms with van der Waals surface area (Å²) >= 11 is 1.80. The maximum atomic E-state index is 5.11. The third kappa shape index (κ3) is 3.91. The molecule has 5 heteroatoms. The number of thiophene rings is 1. The average molecular weight is 433 g/mol. The molecule has 4 rings (SSSR count). The second-order valence-electron chi connectivity index (χ2n) is 8.24. The molecule has 162 valence electrons. The average Bonchev–Trinajstić information content (AvgIpc) is 3.34. The van der Waals surface area contributed by atoms with Gasteiger partial charge in [0.05, 0.1) is 26.8 Å². The molecule has 0 fully saturated rings. The van der Waals surface area contributed by atoms with E-state index in [4.69, 9.17) is 15.1 Å². The van der Waals surface area contributed by atoms with Gasteiger partial charge in [0, 0.05) is 11.3 Å². The van der Waals surface area contributed by atoms with Crippen molar-refractivity contribution in [2.45, 2.75) is 73.1 Å². The summed E-state index contributed by atoms with van der Waals surface area (Å²) in [6.45, 7) is 13.1. The van der Waals surface area contributed by atoms with Gasteiger partial charge >= 0.3 is 0 Å². The number of aromatic nitrogens is 4. The predicted octanol–water partition coefficient (Wildman–Crippen LogP) is 7.17. The van der Waals surface area contributed by atoms with Gasteiger partial charge in [0.2, 0.25) is 0 Å². The Balaban J connectivity index is 1.93. The summed E-state index contributed by atoms with van der Waals surface area (Å²) in [5, 5.41) is 4.93. The van der Waals surface area contributed by atoms with Crippen molar-refractivity contribution in [3.8, 4) is 21.1 Å². The van der Waals surface area contributed by atoms with Crippen LogP contribution in [0.25, 0.3) is 26.8 Å². The number of aryl methyl sites for hydroxylation is 4. The molecule has 0 N–H and O–H groups in total. The molecule has 31 heavy (non-hydrogen) atoms. The van der Waals surface area contributed by atoms with Crippen molar-refractivity contribution in [1.82, 2.24) is 19.6 Å². The fourth-order valence-electron chi connectivity index (χ4n) is 4.38. The number of imidazole rings is 1. The molecule has 4 aromatic heterocycles. The van der Waals surface area contributed by atoms with Gasteiger partial charge in [0.15, 0.2) is 5.65 Å². The van der Waals surface area contributed by atoms with Crippen molar-refractivity contribution in [3.63, 3.8) is 0 Å². The van der Waals surface area contributed by atoms with Crippen molar-refractivity contribution >= 4 is 17.0 Å². The van der Waals surface area contributed by atoms with Gasteiger partial charge in [-0.25, -0.2) is 9.50 Å². The molecular formula is C26H32N4S. The lowest BCUT2D eigenvalue weighted by atomic mass is 9.95. The number of hydrogen-bond donors (Lipinski definition) is 0. The lowest BCUT2D eigenvalue weighted by Gasteiger charge is -2.14. The van der Waals surface area contributed by atoms with E-state index in [1.165, 1.54) is 20.9 Å². The molecular weight excluding hydrogens is 400 g/mol. The number of pyridine rings is 1. The van der Waals surface area contributed by atoms with E-state index in [9.17, 15) is 0 Å². The highest BCUT2D eigenvalue weighted by atomic mass is 32.1. The van der Waals surface area contributed by atoms with Crippen molar-refractivity contribution in [2.75, 3.05) is 0 Å². The van der Waals surface area contributed by atoms with Crippen LogP contribution in [0, 0.1) is 13.8 Å². The molecule has 0 amide bonds. The fourth-order valence-corrected chi connectivity index (χ4v) is 5.57.